The molecule has 120 valence electrons. The molecular formula is C16H23N3O2S. The Bertz CT molecular complexity index is 544. The van der Waals surface area contributed by atoms with Gasteiger partial charge in [0.25, 0.3) is 0 Å². The van der Waals surface area contributed by atoms with Crippen molar-refractivity contribution in [2.24, 2.45) is 0 Å². The van der Waals surface area contributed by atoms with Crippen LogP contribution in [0, 0.1) is 0 Å². The Morgan fingerprint density at radius 1 is 1.23 bits per heavy atom. The van der Waals surface area contributed by atoms with Crippen LogP contribution >= 0.6 is 11.8 Å². The van der Waals surface area contributed by atoms with Crippen LogP contribution in [0.1, 0.15) is 19.3 Å². The number of hydrogen-bond acceptors (Lipinski definition) is 6. The topological polar surface area (TPSA) is 37.8 Å². The number of nitrogens with zero attached hydrogens (tertiary/aromatic N) is 3. The average Bonchev–Trinajstić information content (AvgIpc) is 3.14. The Labute approximate surface area is 136 Å². The summed E-state index contributed by atoms with van der Waals surface area (Å²) in [6.45, 7) is 1.20. The molecule has 2 aliphatic heterocycles. The lowest BCUT2D eigenvalue weighted by Gasteiger charge is -2.37. The minimum absolute atomic E-state index is 0.382. The van der Waals surface area contributed by atoms with Crippen LogP contribution in [0.5, 0.6) is 5.75 Å². The number of hydrogen-bond donors (Lipinski definition) is 0. The fourth-order valence-electron chi connectivity index (χ4n) is 4.18. The van der Waals surface area contributed by atoms with E-state index >= 15 is 0 Å². The van der Waals surface area contributed by atoms with Gasteiger partial charge in [-0.05, 0) is 19.3 Å². The Kier molecular flexibility index (Phi) is 3.92. The standard InChI is InChI=1S/C16H23N3O2S/c1-20-12-3-4-14-15(8-12)19(16-18(14)5-6-22-16)11-7-13(21-2)10-17-9-11/h7,9-10,12,14-16H,3-6,8H2,1-2H3. The molecule has 0 N–H and O–H groups in total. The molecule has 3 heterocycles. The van der Waals surface area contributed by atoms with Crippen LogP contribution in [0.15, 0.2) is 18.5 Å². The van der Waals surface area contributed by atoms with Gasteiger partial charge in [0.2, 0.25) is 0 Å². The van der Waals surface area contributed by atoms with E-state index in [1.165, 1.54) is 30.8 Å². The molecule has 1 aliphatic carbocycles. The molecule has 6 heteroatoms. The van der Waals surface area contributed by atoms with E-state index < -0.39 is 0 Å². The summed E-state index contributed by atoms with van der Waals surface area (Å²) in [5.74, 6) is 2.05. The van der Waals surface area contributed by atoms with Crippen LogP contribution in [-0.4, -0.2) is 60.1 Å². The van der Waals surface area contributed by atoms with Crippen LogP contribution in [0.2, 0.25) is 0 Å². The smallest absolute Gasteiger partial charge is 0.139 e. The Balaban J connectivity index is 1.68. The Morgan fingerprint density at radius 3 is 2.95 bits per heavy atom. The summed E-state index contributed by atoms with van der Waals surface area (Å²) in [5.41, 5.74) is 1.62. The molecule has 22 heavy (non-hydrogen) atoms. The lowest BCUT2D eigenvalue weighted by atomic mass is 9.88. The summed E-state index contributed by atoms with van der Waals surface area (Å²) in [5, 5.41) is 0. The van der Waals surface area contributed by atoms with Crippen molar-refractivity contribution in [2.45, 2.75) is 42.9 Å². The number of anilines is 1. The maximum atomic E-state index is 5.66. The molecule has 1 aromatic heterocycles. The molecule has 2 saturated heterocycles. The summed E-state index contributed by atoms with van der Waals surface area (Å²) < 4.78 is 11.0. The van der Waals surface area contributed by atoms with Crippen LogP contribution in [0.25, 0.3) is 0 Å². The van der Waals surface area contributed by atoms with Crippen LogP contribution in [-0.2, 0) is 4.74 Å². The number of aromatic nitrogens is 1. The summed E-state index contributed by atoms with van der Waals surface area (Å²) in [6, 6.07) is 3.28. The van der Waals surface area contributed by atoms with E-state index in [2.05, 4.69) is 20.9 Å². The zero-order valence-electron chi connectivity index (χ0n) is 13.1. The molecule has 1 saturated carbocycles. The van der Waals surface area contributed by atoms with Gasteiger partial charge in [-0.2, -0.15) is 0 Å². The van der Waals surface area contributed by atoms with E-state index in [9.17, 15) is 0 Å². The Hall–Kier alpha value is -0.980. The van der Waals surface area contributed by atoms with Crippen molar-refractivity contribution in [1.29, 1.82) is 0 Å². The van der Waals surface area contributed by atoms with Gasteiger partial charge in [0.15, 0.2) is 0 Å². The molecule has 4 unspecified atom stereocenters. The first-order valence-electron chi connectivity index (χ1n) is 7.99. The van der Waals surface area contributed by atoms with Gasteiger partial charge >= 0.3 is 0 Å². The van der Waals surface area contributed by atoms with Crippen molar-refractivity contribution in [3.8, 4) is 5.75 Å². The van der Waals surface area contributed by atoms with Gasteiger partial charge in [0.1, 0.15) is 11.2 Å². The van der Waals surface area contributed by atoms with Crippen molar-refractivity contribution >= 4 is 17.4 Å². The van der Waals surface area contributed by atoms with Gasteiger partial charge in [-0.1, -0.05) is 0 Å². The van der Waals surface area contributed by atoms with Gasteiger partial charge < -0.3 is 14.4 Å². The largest absolute Gasteiger partial charge is 0.495 e. The molecule has 4 rings (SSSR count). The maximum absolute atomic E-state index is 5.66. The lowest BCUT2D eigenvalue weighted by molar-refractivity contribution is 0.0480. The zero-order chi connectivity index (χ0) is 15.1. The van der Waals surface area contributed by atoms with Crippen LogP contribution < -0.4 is 9.64 Å². The van der Waals surface area contributed by atoms with E-state index in [4.69, 9.17) is 9.47 Å². The molecule has 4 atom stereocenters. The molecule has 0 amide bonds. The first kappa shape index (κ1) is 14.6. The van der Waals surface area contributed by atoms with Crippen molar-refractivity contribution < 1.29 is 9.47 Å². The average molecular weight is 321 g/mol. The molecule has 3 aliphatic rings. The first-order valence-corrected chi connectivity index (χ1v) is 9.04. The second-order valence-corrected chi connectivity index (χ2v) is 7.39. The Morgan fingerprint density at radius 2 is 2.14 bits per heavy atom. The molecule has 1 aromatic rings. The number of thioether (sulfide) groups is 1. The molecular weight excluding hydrogens is 298 g/mol. The predicted octanol–water partition coefficient (Wildman–Crippen LogP) is 2.18. The summed E-state index contributed by atoms with van der Waals surface area (Å²) in [7, 11) is 3.54. The lowest BCUT2D eigenvalue weighted by Crippen LogP contribution is -2.45. The van der Waals surface area contributed by atoms with Crippen molar-refractivity contribution in [3.05, 3.63) is 18.5 Å². The van der Waals surface area contributed by atoms with Crippen molar-refractivity contribution in [1.82, 2.24) is 9.88 Å². The monoisotopic (exact) mass is 321 g/mol. The fourth-order valence-corrected chi connectivity index (χ4v) is 5.59. The zero-order valence-corrected chi connectivity index (χ0v) is 14.0. The number of methoxy groups -OCH3 is 2. The molecule has 0 radical (unpaired) electrons. The van der Waals surface area contributed by atoms with E-state index in [0.29, 0.717) is 23.7 Å². The second-order valence-electron chi connectivity index (χ2n) is 6.23. The van der Waals surface area contributed by atoms with Crippen LogP contribution in [0.3, 0.4) is 0 Å². The maximum Gasteiger partial charge on any atom is 0.139 e. The quantitative estimate of drug-likeness (QED) is 0.849. The fraction of sp³-hybridized carbons (Fsp3) is 0.688. The number of ether oxygens (including phenoxy) is 2. The van der Waals surface area contributed by atoms with Gasteiger partial charge in [0, 0.05) is 37.6 Å². The predicted molar refractivity (Wildman–Crippen MR) is 88.4 cm³/mol. The van der Waals surface area contributed by atoms with E-state index in [1.54, 1.807) is 13.3 Å². The van der Waals surface area contributed by atoms with Gasteiger partial charge in [-0.3, -0.25) is 9.88 Å². The molecule has 3 fully saturated rings. The first-order chi connectivity index (χ1) is 10.8. The third-order valence-electron chi connectivity index (χ3n) is 5.22. The summed E-state index contributed by atoms with van der Waals surface area (Å²) in [6.07, 6.45) is 7.64. The number of rotatable bonds is 3. The number of fused-ring (bicyclic) bond motifs is 3. The van der Waals surface area contributed by atoms with Crippen molar-refractivity contribution in [2.75, 3.05) is 31.4 Å². The van der Waals surface area contributed by atoms with Gasteiger partial charge in [0.05, 0.1) is 31.3 Å². The summed E-state index contributed by atoms with van der Waals surface area (Å²) >= 11 is 2.05. The third kappa shape index (κ3) is 2.28. The highest BCUT2D eigenvalue weighted by molar-refractivity contribution is 8.00. The molecule has 0 bridgehead atoms. The minimum Gasteiger partial charge on any atom is -0.495 e. The number of pyridine rings is 1. The third-order valence-corrected chi connectivity index (χ3v) is 6.43. The highest BCUT2D eigenvalue weighted by Gasteiger charge is 2.51. The summed E-state index contributed by atoms with van der Waals surface area (Å²) in [4.78, 5) is 9.61. The highest BCUT2D eigenvalue weighted by atomic mass is 32.2. The van der Waals surface area contributed by atoms with Gasteiger partial charge in [-0.25, -0.2) is 0 Å². The molecule has 0 spiro atoms. The van der Waals surface area contributed by atoms with Crippen molar-refractivity contribution in [3.63, 3.8) is 0 Å². The normalized spacial score (nSPS) is 34.5. The van der Waals surface area contributed by atoms with Crippen LogP contribution in [0.4, 0.5) is 5.69 Å². The molecule has 0 aromatic carbocycles. The second kappa shape index (κ2) is 5.91. The van der Waals surface area contributed by atoms with E-state index in [1.807, 2.05) is 25.1 Å². The van der Waals surface area contributed by atoms with E-state index in [-0.39, 0.29) is 0 Å². The SMILES string of the molecule is COc1cncc(N2C3CC(OC)CCC3N3CCSC32)c1. The minimum atomic E-state index is 0.382. The van der Waals surface area contributed by atoms with Gasteiger partial charge in [-0.15, -0.1) is 11.8 Å². The molecule has 5 nitrogen and oxygen atoms in total. The highest BCUT2D eigenvalue weighted by Crippen LogP contribution is 2.46. The van der Waals surface area contributed by atoms with E-state index in [0.717, 1.165) is 12.2 Å².